The van der Waals surface area contributed by atoms with E-state index in [-0.39, 0.29) is 29.0 Å². The number of imidazole rings is 2. The lowest BCUT2D eigenvalue weighted by atomic mass is 10.2. The predicted molar refractivity (Wildman–Crippen MR) is 118 cm³/mol. The Morgan fingerprint density at radius 3 is 2.58 bits per heavy atom. The van der Waals surface area contributed by atoms with Crippen molar-refractivity contribution in [2.75, 3.05) is 5.73 Å². The Kier molecular flexibility index (Phi) is 5.77. The maximum Gasteiger partial charge on any atom is 0.332 e. The Bertz CT molecular complexity index is 1360. The number of anilines is 1. The van der Waals surface area contributed by atoms with E-state index in [0.29, 0.717) is 42.0 Å². The van der Waals surface area contributed by atoms with Gasteiger partial charge in [0.1, 0.15) is 5.52 Å². The van der Waals surface area contributed by atoms with Crippen LogP contribution >= 0.6 is 11.6 Å². The van der Waals surface area contributed by atoms with Gasteiger partial charge in [-0.25, -0.2) is 14.8 Å². The first-order chi connectivity index (χ1) is 14.9. The van der Waals surface area contributed by atoms with E-state index < -0.39 is 5.56 Å². The van der Waals surface area contributed by atoms with Crippen molar-refractivity contribution < 1.29 is 0 Å². The van der Waals surface area contributed by atoms with E-state index in [1.165, 1.54) is 9.13 Å². The van der Waals surface area contributed by atoms with Gasteiger partial charge in [0, 0.05) is 19.6 Å². The topological polar surface area (TPSA) is 142 Å². The summed E-state index contributed by atoms with van der Waals surface area (Å²) in [6.07, 6.45) is 4.99. The van der Waals surface area contributed by atoms with Gasteiger partial charge in [0.2, 0.25) is 11.2 Å². The highest BCUT2D eigenvalue weighted by atomic mass is 35.5. The van der Waals surface area contributed by atoms with Crippen molar-refractivity contribution in [3.05, 3.63) is 38.1 Å². The van der Waals surface area contributed by atoms with Gasteiger partial charge in [-0.15, -0.1) is 0 Å². The summed E-state index contributed by atoms with van der Waals surface area (Å²) in [5.74, 6) is 0.180. The first-order valence-electron chi connectivity index (χ1n) is 10.2. The highest BCUT2D eigenvalue weighted by Gasteiger charge is 2.17. The second-order valence-electron chi connectivity index (χ2n) is 7.46. The first kappa shape index (κ1) is 21.0. The third-order valence-corrected chi connectivity index (χ3v) is 5.43. The Morgan fingerprint density at radius 1 is 1.03 bits per heavy atom. The van der Waals surface area contributed by atoms with Crippen molar-refractivity contribution in [1.29, 1.82) is 0 Å². The van der Waals surface area contributed by atoms with Crippen molar-refractivity contribution in [1.82, 2.24) is 38.6 Å². The molecule has 31 heavy (non-hydrogen) atoms. The van der Waals surface area contributed by atoms with Gasteiger partial charge in [-0.3, -0.25) is 13.9 Å². The normalized spacial score (nSPS) is 11.7. The van der Waals surface area contributed by atoms with Crippen LogP contribution in [0, 0.1) is 6.92 Å². The SMILES string of the molecule is CCCCCn1c(=O)n(CCCn2cnc3c(C)nc(N)nc32)c(=O)c2[nH]c(Cl)nc21. The summed E-state index contributed by atoms with van der Waals surface area (Å²) in [6, 6.07) is 0. The van der Waals surface area contributed by atoms with E-state index in [1.54, 1.807) is 6.33 Å². The van der Waals surface area contributed by atoms with E-state index in [4.69, 9.17) is 17.3 Å². The maximum atomic E-state index is 13.1. The number of rotatable bonds is 8. The number of aromatic amines is 1. The highest BCUT2D eigenvalue weighted by molar-refractivity contribution is 6.28. The molecule has 4 aromatic heterocycles. The zero-order valence-electron chi connectivity index (χ0n) is 17.4. The van der Waals surface area contributed by atoms with Gasteiger partial charge >= 0.3 is 5.69 Å². The molecule has 0 saturated heterocycles. The monoisotopic (exact) mass is 445 g/mol. The molecule has 12 heteroatoms. The smallest absolute Gasteiger partial charge is 0.332 e. The van der Waals surface area contributed by atoms with Crippen LogP contribution in [0.2, 0.25) is 5.28 Å². The molecular formula is C19H24ClN9O2. The maximum absolute atomic E-state index is 13.1. The molecule has 0 saturated carbocycles. The van der Waals surface area contributed by atoms with Gasteiger partial charge in [0.15, 0.2) is 16.8 Å². The fourth-order valence-corrected chi connectivity index (χ4v) is 3.90. The van der Waals surface area contributed by atoms with Crippen LogP contribution in [0.1, 0.15) is 38.3 Å². The van der Waals surface area contributed by atoms with Crippen LogP contribution in [-0.4, -0.2) is 38.6 Å². The number of hydrogen-bond acceptors (Lipinski definition) is 7. The summed E-state index contributed by atoms with van der Waals surface area (Å²) < 4.78 is 4.60. The quantitative estimate of drug-likeness (QED) is 0.311. The van der Waals surface area contributed by atoms with Crippen LogP contribution in [0.4, 0.5) is 5.95 Å². The molecule has 0 fully saturated rings. The molecule has 0 radical (unpaired) electrons. The van der Waals surface area contributed by atoms with Crippen molar-refractivity contribution in [3.8, 4) is 0 Å². The molecule has 4 heterocycles. The van der Waals surface area contributed by atoms with Gasteiger partial charge in [0.25, 0.3) is 5.56 Å². The number of nitrogens with one attached hydrogen (secondary N) is 1. The highest BCUT2D eigenvalue weighted by Crippen LogP contribution is 2.15. The first-order valence-corrected chi connectivity index (χ1v) is 10.6. The number of halogens is 1. The molecule has 0 amide bonds. The van der Waals surface area contributed by atoms with E-state index >= 15 is 0 Å². The van der Waals surface area contributed by atoms with Crippen LogP contribution in [0.15, 0.2) is 15.9 Å². The van der Waals surface area contributed by atoms with E-state index in [1.807, 2.05) is 11.5 Å². The number of nitrogens with zero attached hydrogens (tertiary/aromatic N) is 7. The number of H-pyrrole nitrogens is 1. The average Bonchev–Trinajstić information content (AvgIpc) is 3.31. The number of nitrogen functional groups attached to an aromatic ring is 1. The molecule has 4 rings (SSSR count). The molecule has 3 N–H and O–H groups in total. The van der Waals surface area contributed by atoms with E-state index in [0.717, 1.165) is 19.3 Å². The minimum absolute atomic E-state index is 0.0889. The number of fused-ring (bicyclic) bond motifs is 2. The van der Waals surface area contributed by atoms with Crippen molar-refractivity contribution in [3.63, 3.8) is 0 Å². The summed E-state index contributed by atoms with van der Waals surface area (Å²) in [6.45, 7) is 5.13. The summed E-state index contributed by atoms with van der Waals surface area (Å²) in [4.78, 5) is 45.6. The fraction of sp³-hybridized carbons (Fsp3) is 0.474. The Hall–Kier alpha value is -3.21. The summed E-state index contributed by atoms with van der Waals surface area (Å²) in [5, 5.41) is 0.0889. The lowest BCUT2D eigenvalue weighted by Gasteiger charge is -2.11. The number of aryl methyl sites for hydroxylation is 3. The Balaban J connectivity index is 1.63. The molecule has 0 aromatic carbocycles. The van der Waals surface area contributed by atoms with Crippen LogP contribution in [0.5, 0.6) is 0 Å². The largest absolute Gasteiger partial charge is 0.368 e. The molecule has 0 unspecified atom stereocenters. The van der Waals surface area contributed by atoms with Gasteiger partial charge in [-0.2, -0.15) is 9.97 Å². The van der Waals surface area contributed by atoms with Gasteiger partial charge in [-0.1, -0.05) is 19.8 Å². The second kappa shape index (κ2) is 8.50. The molecule has 164 valence electrons. The lowest BCUT2D eigenvalue weighted by molar-refractivity contribution is 0.505. The standard InChI is InChI=1S/C19H24ClN9O2/c1-3-4-5-8-28-15-13(24-17(20)25-15)16(30)29(19(28)31)9-6-7-27-10-22-12-11(2)23-18(21)26-14(12)27/h10H,3-9H2,1-2H3,(H,24,25)(H2,21,23,26). The second-order valence-corrected chi connectivity index (χ2v) is 7.81. The Morgan fingerprint density at radius 2 is 1.81 bits per heavy atom. The number of nitrogens with two attached hydrogens (primary N) is 1. The van der Waals surface area contributed by atoms with Crippen LogP contribution < -0.4 is 17.0 Å². The molecule has 0 aliphatic heterocycles. The van der Waals surface area contributed by atoms with Crippen molar-refractivity contribution in [2.45, 2.75) is 59.2 Å². The number of aromatic nitrogens is 8. The molecule has 0 aliphatic rings. The fourth-order valence-electron chi connectivity index (χ4n) is 3.73. The minimum Gasteiger partial charge on any atom is -0.368 e. The number of hydrogen-bond donors (Lipinski definition) is 2. The molecule has 0 spiro atoms. The molecular weight excluding hydrogens is 422 g/mol. The molecule has 11 nitrogen and oxygen atoms in total. The molecule has 0 aliphatic carbocycles. The lowest BCUT2D eigenvalue weighted by Crippen LogP contribution is -2.40. The minimum atomic E-state index is -0.427. The van der Waals surface area contributed by atoms with Crippen LogP contribution in [-0.2, 0) is 19.6 Å². The van der Waals surface area contributed by atoms with Gasteiger partial charge in [0.05, 0.1) is 12.0 Å². The summed E-state index contributed by atoms with van der Waals surface area (Å²) in [7, 11) is 0. The third-order valence-electron chi connectivity index (χ3n) is 5.25. The van der Waals surface area contributed by atoms with E-state index in [2.05, 4.69) is 31.8 Å². The Labute approximate surface area is 181 Å². The van der Waals surface area contributed by atoms with E-state index in [9.17, 15) is 9.59 Å². The summed E-state index contributed by atoms with van der Waals surface area (Å²) >= 11 is 5.98. The van der Waals surface area contributed by atoms with Crippen molar-refractivity contribution in [2.24, 2.45) is 0 Å². The third kappa shape index (κ3) is 3.92. The molecule has 0 atom stereocenters. The van der Waals surface area contributed by atoms with Crippen LogP contribution in [0.3, 0.4) is 0 Å². The number of unbranched alkanes of at least 4 members (excludes halogenated alkanes) is 2. The van der Waals surface area contributed by atoms with Gasteiger partial charge < -0.3 is 15.3 Å². The molecule has 0 bridgehead atoms. The zero-order valence-corrected chi connectivity index (χ0v) is 18.2. The predicted octanol–water partition coefficient (Wildman–Crippen LogP) is 1.85. The van der Waals surface area contributed by atoms with Crippen molar-refractivity contribution >= 4 is 39.9 Å². The average molecular weight is 446 g/mol. The van der Waals surface area contributed by atoms with Crippen LogP contribution in [0.25, 0.3) is 22.3 Å². The van der Waals surface area contributed by atoms with Gasteiger partial charge in [-0.05, 0) is 31.4 Å². The molecule has 4 aromatic rings. The zero-order chi connectivity index (χ0) is 22.1. The summed E-state index contributed by atoms with van der Waals surface area (Å²) in [5.41, 5.74) is 7.51.